The Kier molecular flexibility index (Phi) is 4.50. The minimum absolute atomic E-state index is 0.0316. The van der Waals surface area contributed by atoms with Crippen molar-refractivity contribution in [2.24, 2.45) is 0 Å². The number of phenols is 1. The van der Waals surface area contributed by atoms with Gasteiger partial charge in [-0.15, -0.1) is 0 Å². The summed E-state index contributed by atoms with van der Waals surface area (Å²) in [6.45, 7) is 1.87. The first-order valence-electron chi connectivity index (χ1n) is 11.5. The Labute approximate surface area is 192 Å². The Hall–Kier alpha value is -3.05. The summed E-state index contributed by atoms with van der Waals surface area (Å²) in [6.07, 6.45) is 1.39. The van der Waals surface area contributed by atoms with Crippen molar-refractivity contribution in [3.8, 4) is 17.6 Å². The Balaban J connectivity index is 1.60. The van der Waals surface area contributed by atoms with Crippen molar-refractivity contribution in [2.45, 2.75) is 50.0 Å². The number of benzene rings is 2. The lowest BCUT2D eigenvalue weighted by atomic mass is 9.73. The lowest BCUT2D eigenvalue weighted by Crippen LogP contribution is -2.68. The van der Waals surface area contributed by atoms with Gasteiger partial charge >= 0.3 is 0 Å². The Morgan fingerprint density at radius 3 is 2.76 bits per heavy atom. The highest BCUT2D eigenvalue weighted by Crippen LogP contribution is 2.53. The fourth-order valence-electron chi connectivity index (χ4n) is 6.83. The zero-order valence-electron chi connectivity index (χ0n) is 19.0. The molecule has 3 aromatic rings. The number of ether oxygens (including phenoxy) is 1. The van der Waals surface area contributed by atoms with Gasteiger partial charge in [0.2, 0.25) is 0 Å². The number of aromatic nitrogens is 1. The summed E-state index contributed by atoms with van der Waals surface area (Å²) in [5.74, 6) is 0.709. The SMILES string of the molecule is COc1c(C)cc2c(c1O)[C@@H]1[C@@H]3Cc4c([nH]c5ccccc45)[C@H](CO)N3[C@@H](C#N)[C@H](C2)N1C. The van der Waals surface area contributed by atoms with E-state index in [1.54, 1.807) is 7.11 Å². The molecule has 0 radical (unpaired) electrons. The molecule has 0 saturated carbocycles. The van der Waals surface area contributed by atoms with Crippen molar-refractivity contribution in [2.75, 3.05) is 20.8 Å². The second-order valence-corrected chi connectivity index (χ2v) is 9.58. The van der Waals surface area contributed by atoms with Crippen molar-refractivity contribution >= 4 is 10.9 Å². The fourth-order valence-corrected chi connectivity index (χ4v) is 6.83. The first kappa shape index (κ1) is 20.5. The molecule has 0 unspecified atom stereocenters. The van der Waals surface area contributed by atoms with Gasteiger partial charge in [-0.1, -0.05) is 24.3 Å². The van der Waals surface area contributed by atoms with Gasteiger partial charge in [-0.05, 0) is 49.6 Å². The highest BCUT2D eigenvalue weighted by molar-refractivity contribution is 5.85. The molecule has 6 rings (SSSR count). The van der Waals surface area contributed by atoms with Crippen LogP contribution in [0.4, 0.5) is 0 Å². The minimum atomic E-state index is -0.370. The first-order chi connectivity index (χ1) is 16.0. The molecule has 170 valence electrons. The normalized spacial score (nSPS) is 28.6. The van der Waals surface area contributed by atoms with Crippen LogP contribution in [0.25, 0.3) is 10.9 Å². The van der Waals surface area contributed by atoms with Crippen LogP contribution < -0.4 is 4.74 Å². The van der Waals surface area contributed by atoms with Crippen LogP contribution in [0, 0.1) is 18.3 Å². The van der Waals surface area contributed by atoms with E-state index in [1.807, 2.05) is 19.1 Å². The average Bonchev–Trinajstić information content (AvgIpc) is 3.17. The molecule has 3 N–H and O–H groups in total. The number of fused-ring (bicyclic) bond motifs is 9. The van der Waals surface area contributed by atoms with E-state index in [0.29, 0.717) is 12.2 Å². The van der Waals surface area contributed by atoms with Gasteiger partial charge in [0.05, 0.1) is 31.9 Å². The zero-order valence-corrected chi connectivity index (χ0v) is 19.0. The van der Waals surface area contributed by atoms with E-state index in [-0.39, 0.29) is 42.6 Å². The summed E-state index contributed by atoms with van der Waals surface area (Å²) in [5, 5.41) is 33.4. The van der Waals surface area contributed by atoms with Crippen molar-refractivity contribution < 1.29 is 14.9 Å². The monoisotopic (exact) mass is 444 g/mol. The van der Waals surface area contributed by atoms with Gasteiger partial charge < -0.3 is 19.9 Å². The number of hydrogen-bond donors (Lipinski definition) is 3. The lowest BCUT2D eigenvalue weighted by Gasteiger charge is -2.59. The molecule has 1 aromatic heterocycles. The van der Waals surface area contributed by atoms with E-state index < -0.39 is 0 Å². The number of nitriles is 1. The number of methoxy groups -OCH3 is 1. The van der Waals surface area contributed by atoms with E-state index in [2.05, 4.69) is 46.1 Å². The maximum Gasteiger partial charge on any atom is 0.163 e. The van der Waals surface area contributed by atoms with E-state index in [9.17, 15) is 15.5 Å². The standard InChI is InChI=1S/C26H28N4O3/c1-13-8-14-9-18-20(11-27)30-19(24(29(18)2)22(14)25(32)26(13)33-3)10-16-15-6-4-5-7-17(15)28-23(16)21(30)12-31/h4-8,18-21,24,28,31-32H,9-10,12H2,1-3H3/t18-,19-,20-,21-,24-/m0/s1. The predicted molar refractivity (Wildman–Crippen MR) is 124 cm³/mol. The van der Waals surface area contributed by atoms with Crippen LogP contribution in [-0.4, -0.2) is 63.9 Å². The summed E-state index contributed by atoms with van der Waals surface area (Å²) in [7, 11) is 3.65. The highest BCUT2D eigenvalue weighted by atomic mass is 16.5. The topological polar surface area (TPSA) is 95.7 Å². The van der Waals surface area contributed by atoms with Crippen LogP contribution in [0.2, 0.25) is 0 Å². The van der Waals surface area contributed by atoms with Crippen LogP contribution in [0.5, 0.6) is 11.5 Å². The molecule has 7 nitrogen and oxygen atoms in total. The lowest BCUT2D eigenvalue weighted by molar-refractivity contribution is -0.0824. The average molecular weight is 445 g/mol. The number of aromatic amines is 1. The number of hydrogen-bond acceptors (Lipinski definition) is 6. The van der Waals surface area contributed by atoms with E-state index >= 15 is 0 Å². The van der Waals surface area contributed by atoms with Gasteiger partial charge in [0.25, 0.3) is 0 Å². The van der Waals surface area contributed by atoms with Crippen molar-refractivity contribution in [1.29, 1.82) is 5.26 Å². The second-order valence-electron chi connectivity index (χ2n) is 9.58. The molecule has 0 amide bonds. The summed E-state index contributed by atoms with van der Waals surface area (Å²) in [6, 6.07) is 12.0. The van der Waals surface area contributed by atoms with Gasteiger partial charge in [-0.2, -0.15) is 5.26 Å². The molecule has 2 bridgehead atoms. The number of nitrogens with zero attached hydrogens (tertiary/aromatic N) is 3. The van der Waals surface area contributed by atoms with Gasteiger partial charge in [0.15, 0.2) is 11.5 Å². The number of aryl methyl sites for hydroxylation is 1. The van der Waals surface area contributed by atoms with Crippen LogP contribution >= 0.6 is 0 Å². The maximum absolute atomic E-state index is 11.3. The molecule has 3 aliphatic heterocycles. The highest BCUT2D eigenvalue weighted by Gasteiger charge is 2.55. The smallest absolute Gasteiger partial charge is 0.163 e. The zero-order chi connectivity index (χ0) is 23.0. The third-order valence-electron chi connectivity index (χ3n) is 8.15. The van der Waals surface area contributed by atoms with Gasteiger partial charge in [0, 0.05) is 34.2 Å². The largest absolute Gasteiger partial charge is 0.504 e. The molecule has 2 aromatic carbocycles. The van der Waals surface area contributed by atoms with Crippen LogP contribution in [0.3, 0.4) is 0 Å². The van der Waals surface area contributed by atoms with E-state index in [4.69, 9.17) is 4.74 Å². The minimum Gasteiger partial charge on any atom is -0.504 e. The summed E-state index contributed by atoms with van der Waals surface area (Å²) in [4.78, 5) is 8.01. The number of likely N-dealkylation sites (N-methyl/N-ethyl adjacent to an activating group) is 1. The molecule has 3 aliphatic rings. The number of H-pyrrole nitrogens is 1. The van der Waals surface area contributed by atoms with E-state index in [0.717, 1.165) is 39.7 Å². The number of piperazine rings is 1. The number of para-hydroxylation sites is 1. The van der Waals surface area contributed by atoms with Crippen LogP contribution in [0.1, 0.15) is 40.0 Å². The third kappa shape index (κ3) is 2.60. The first-order valence-corrected chi connectivity index (χ1v) is 11.5. The number of rotatable bonds is 2. The van der Waals surface area contributed by atoms with Crippen molar-refractivity contribution in [3.63, 3.8) is 0 Å². The number of nitrogens with one attached hydrogen (secondary N) is 1. The summed E-state index contributed by atoms with van der Waals surface area (Å²) >= 11 is 0. The molecular weight excluding hydrogens is 416 g/mol. The quantitative estimate of drug-likeness (QED) is 0.563. The van der Waals surface area contributed by atoms with E-state index in [1.165, 1.54) is 5.56 Å². The van der Waals surface area contributed by atoms with Gasteiger partial charge in [-0.3, -0.25) is 9.80 Å². The van der Waals surface area contributed by atoms with Crippen LogP contribution in [-0.2, 0) is 12.8 Å². The van der Waals surface area contributed by atoms with Gasteiger partial charge in [-0.25, -0.2) is 0 Å². The second kappa shape index (κ2) is 7.22. The molecular formula is C26H28N4O3. The van der Waals surface area contributed by atoms with Crippen molar-refractivity contribution in [1.82, 2.24) is 14.8 Å². The molecule has 5 atom stereocenters. The maximum atomic E-state index is 11.3. The Morgan fingerprint density at radius 1 is 1.24 bits per heavy atom. The summed E-state index contributed by atoms with van der Waals surface area (Å²) in [5.41, 5.74) is 6.12. The van der Waals surface area contributed by atoms with Crippen molar-refractivity contribution in [3.05, 3.63) is 58.3 Å². The molecule has 4 heterocycles. The van der Waals surface area contributed by atoms with Gasteiger partial charge in [0.1, 0.15) is 6.04 Å². The molecule has 0 aliphatic carbocycles. The molecule has 0 spiro atoms. The fraction of sp³-hybridized carbons (Fsp3) is 0.423. The molecule has 1 fully saturated rings. The predicted octanol–water partition coefficient (Wildman–Crippen LogP) is 2.95. The molecule has 1 saturated heterocycles. The Bertz CT molecular complexity index is 1310. The third-order valence-corrected chi connectivity index (χ3v) is 8.15. The number of phenolic OH excluding ortho intramolecular Hbond substituents is 1. The molecule has 33 heavy (non-hydrogen) atoms. The number of aliphatic hydroxyl groups excluding tert-OH is 1. The number of aliphatic hydroxyl groups is 1. The Morgan fingerprint density at radius 2 is 2.03 bits per heavy atom. The number of aromatic hydroxyl groups is 1. The van der Waals surface area contributed by atoms with Crippen LogP contribution in [0.15, 0.2) is 30.3 Å². The summed E-state index contributed by atoms with van der Waals surface area (Å²) < 4.78 is 5.56. The molecule has 7 heteroatoms.